The minimum atomic E-state index is 0.900. The quantitative estimate of drug-likeness (QED) is 0.151. The number of fused-ring (bicyclic) bond motifs is 6. The molecule has 0 N–H and O–H groups in total. The van der Waals surface area contributed by atoms with Gasteiger partial charge in [0.15, 0.2) is 0 Å². The van der Waals surface area contributed by atoms with E-state index in [0.29, 0.717) is 0 Å². The van der Waals surface area contributed by atoms with Gasteiger partial charge >= 0.3 is 0 Å². The standard InChI is InChI=1S/C56H37NO/c1-3-16-39(17-4-1)44-21-9-12-26-50(44)56-46(40-18-5-2-6-19-40)27-15-28-52(56)57(53-37-42-20-7-8-22-45(42)47-23-10-11-24-48(47)53)43-33-30-38(31-34-43)41-32-35-55-51(36-41)49-25-13-14-29-54(49)58-55/h1-37H. The van der Waals surface area contributed by atoms with Gasteiger partial charge in [0.1, 0.15) is 11.2 Å². The molecule has 0 saturated heterocycles. The van der Waals surface area contributed by atoms with Crippen molar-refractivity contribution in [3.8, 4) is 44.5 Å². The number of hydrogen-bond donors (Lipinski definition) is 0. The lowest BCUT2D eigenvalue weighted by molar-refractivity contribution is 0.669. The third-order valence-electron chi connectivity index (χ3n) is 11.5. The van der Waals surface area contributed by atoms with Crippen LogP contribution in [0.2, 0.25) is 0 Å². The summed E-state index contributed by atoms with van der Waals surface area (Å²) in [5.74, 6) is 0. The Morgan fingerprint density at radius 2 is 0.862 bits per heavy atom. The summed E-state index contributed by atoms with van der Waals surface area (Å²) in [5.41, 5.74) is 14.5. The predicted octanol–water partition coefficient (Wildman–Crippen LogP) is 16.0. The molecular weight excluding hydrogens is 703 g/mol. The minimum absolute atomic E-state index is 0.900. The van der Waals surface area contributed by atoms with Crippen LogP contribution in [0.3, 0.4) is 0 Å². The van der Waals surface area contributed by atoms with Crippen molar-refractivity contribution in [1.82, 2.24) is 0 Å². The summed E-state index contributed by atoms with van der Waals surface area (Å²) in [4.78, 5) is 2.48. The van der Waals surface area contributed by atoms with E-state index in [1.807, 2.05) is 12.1 Å². The molecule has 0 radical (unpaired) electrons. The van der Waals surface area contributed by atoms with Crippen LogP contribution in [0.1, 0.15) is 0 Å². The monoisotopic (exact) mass is 739 g/mol. The molecule has 1 aromatic heterocycles. The van der Waals surface area contributed by atoms with Crippen molar-refractivity contribution in [2.75, 3.05) is 4.90 Å². The maximum Gasteiger partial charge on any atom is 0.135 e. The normalized spacial score (nSPS) is 11.4. The lowest BCUT2D eigenvalue weighted by atomic mass is 9.87. The zero-order valence-corrected chi connectivity index (χ0v) is 31.7. The summed E-state index contributed by atoms with van der Waals surface area (Å²) in [6, 6.07) is 80.9. The third kappa shape index (κ3) is 5.74. The molecule has 10 aromatic carbocycles. The number of furan rings is 1. The molecule has 0 fully saturated rings. The van der Waals surface area contributed by atoms with Gasteiger partial charge in [-0.05, 0) is 97.6 Å². The molecule has 0 aliphatic carbocycles. The van der Waals surface area contributed by atoms with E-state index in [2.05, 4.69) is 217 Å². The Morgan fingerprint density at radius 3 is 1.64 bits per heavy atom. The third-order valence-corrected chi connectivity index (χ3v) is 11.5. The second-order valence-corrected chi connectivity index (χ2v) is 14.8. The topological polar surface area (TPSA) is 16.4 Å². The number of anilines is 3. The fourth-order valence-corrected chi connectivity index (χ4v) is 8.77. The van der Waals surface area contributed by atoms with Crippen LogP contribution < -0.4 is 4.90 Å². The summed E-state index contributed by atoms with van der Waals surface area (Å²) in [7, 11) is 0. The van der Waals surface area contributed by atoms with Crippen molar-refractivity contribution < 1.29 is 4.42 Å². The number of hydrogen-bond acceptors (Lipinski definition) is 2. The minimum Gasteiger partial charge on any atom is -0.456 e. The molecule has 0 aliphatic heterocycles. The molecule has 2 heteroatoms. The van der Waals surface area contributed by atoms with Gasteiger partial charge in [-0.2, -0.15) is 0 Å². The average Bonchev–Trinajstić information content (AvgIpc) is 3.68. The lowest BCUT2D eigenvalue weighted by Gasteiger charge is -2.31. The van der Waals surface area contributed by atoms with E-state index >= 15 is 0 Å². The Kier molecular flexibility index (Phi) is 8.19. The van der Waals surface area contributed by atoms with Crippen molar-refractivity contribution in [2.24, 2.45) is 0 Å². The molecule has 11 rings (SSSR count). The van der Waals surface area contributed by atoms with Crippen molar-refractivity contribution in [2.45, 2.75) is 0 Å². The van der Waals surface area contributed by atoms with Crippen LogP contribution in [0, 0.1) is 0 Å². The van der Waals surface area contributed by atoms with E-state index in [1.54, 1.807) is 0 Å². The maximum absolute atomic E-state index is 6.18. The first-order valence-electron chi connectivity index (χ1n) is 19.8. The molecular formula is C56H37NO. The molecule has 58 heavy (non-hydrogen) atoms. The fourth-order valence-electron chi connectivity index (χ4n) is 8.77. The van der Waals surface area contributed by atoms with Crippen molar-refractivity contribution in [3.05, 3.63) is 224 Å². The van der Waals surface area contributed by atoms with Gasteiger partial charge in [0, 0.05) is 27.4 Å². The van der Waals surface area contributed by atoms with Crippen molar-refractivity contribution in [3.63, 3.8) is 0 Å². The average molecular weight is 740 g/mol. The molecule has 0 bridgehead atoms. The van der Waals surface area contributed by atoms with Gasteiger partial charge in [-0.25, -0.2) is 0 Å². The number of nitrogens with zero attached hydrogens (tertiary/aromatic N) is 1. The van der Waals surface area contributed by atoms with E-state index < -0.39 is 0 Å². The molecule has 0 aliphatic rings. The van der Waals surface area contributed by atoms with E-state index in [-0.39, 0.29) is 0 Å². The number of benzene rings is 10. The van der Waals surface area contributed by atoms with E-state index in [4.69, 9.17) is 4.42 Å². The Labute approximate surface area is 337 Å². The number of rotatable bonds is 7. The highest BCUT2D eigenvalue weighted by Gasteiger charge is 2.24. The summed E-state index contributed by atoms with van der Waals surface area (Å²) < 4.78 is 6.18. The van der Waals surface area contributed by atoms with Crippen LogP contribution in [0.15, 0.2) is 229 Å². The highest BCUT2D eigenvalue weighted by molar-refractivity contribution is 6.15. The number of para-hydroxylation sites is 1. The van der Waals surface area contributed by atoms with Gasteiger partial charge in [-0.1, -0.05) is 182 Å². The Balaban J connectivity index is 1.18. The van der Waals surface area contributed by atoms with Gasteiger partial charge in [0.25, 0.3) is 0 Å². The van der Waals surface area contributed by atoms with E-state index in [9.17, 15) is 0 Å². The SMILES string of the molecule is c1ccc(-c2ccccc2-c2c(-c3ccccc3)cccc2N(c2ccc(-c3ccc4oc5ccccc5c4c3)cc2)c2cc3ccccc3c3ccccc23)cc1. The lowest BCUT2D eigenvalue weighted by Crippen LogP contribution is -2.12. The molecule has 2 nitrogen and oxygen atoms in total. The van der Waals surface area contributed by atoms with Gasteiger partial charge in [-0.3, -0.25) is 0 Å². The van der Waals surface area contributed by atoms with Crippen molar-refractivity contribution in [1.29, 1.82) is 0 Å². The molecule has 0 spiro atoms. The van der Waals surface area contributed by atoms with Gasteiger partial charge < -0.3 is 9.32 Å². The van der Waals surface area contributed by atoms with E-state index in [1.165, 1.54) is 54.9 Å². The Hall–Kier alpha value is -7.68. The van der Waals surface area contributed by atoms with Gasteiger partial charge in [-0.15, -0.1) is 0 Å². The molecule has 0 unspecified atom stereocenters. The first kappa shape index (κ1) is 33.6. The Morgan fingerprint density at radius 1 is 0.293 bits per heavy atom. The fraction of sp³-hybridized carbons (Fsp3) is 0. The second-order valence-electron chi connectivity index (χ2n) is 14.8. The first-order valence-corrected chi connectivity index (χ1v) is 19.8. The van der Waals surface area contributed by atoms with E-state index in [0.717, 1.165) is 50.1 Å². The van der Waals surface area contributed by atoms with Crippen LogP contribution in [-0.2, 0) is 0 Å². The molecule has 272 valence electrons. The molecule has 0 atom stereocenters. The molecule has 0 saturated carbocycles. The van der Waals surface area contributed by atoms with Crippen LogP contribution in [0.4, 0.5) is 17.1 Å². The summed E-state index contributed by atoms with van der Waals surface area (Å²) in [6.45, 7) is 0. The second kappa shape index (κ2) is 14.1. The van der Waals surface area contributed by atoms with Crippen LogP contribution in [0.5, 0.6) is 0 Å². The highest BCUT2D eigenvalue weighted by atomic mass is 16.3. The zero-order chi connectivity index (χ0) is 38.4. The summed E-state index contributed by atoms with van der Waals surface area (Å²) in [6.07, 6.45) is 0. The maximum atomic E-state index is 6.18. The van der Waals surface area contributed by atoms with Crippen molar-refractivity contribution >= 4 is 60.5 Å². The summed E-state index contributed by atoms with van der Waals surface area (Å²) >= 11 is 0. The molecule has 1 heterocycles. The van der Waals surface area contributed by atoms with Gasteiger partial charge in [0.05, 0.1) is 11.4 Å². The molecule has 0 amide bonds. The van der Waals surface area contributed by atoms with Crippen LogP contribution in [-0.4, -0.2) is 0 Å². The smallest absolute Gasteiger partial charge is 0.135 e. The highest BCUT2D eigenvalue weighted by Crippen LogP contribution is 2.50. The molecule has 11 aromatic rings. The predicted molar refractivity (Wildman–Crippen MR) is 245 cm³/mol. The zero-order valence-electron chi connectivity index (χ0n) is 31.7. The first-order chi connectivity index (χ1) is 28.8. The largest absolute Gasteiger partial charge is 0.456 e. The Bertz CT molecular complexity index is 3270. The summed E-state index contributed by atoms with van der Waals surface area (Å²) in [5, 5.41) is 7.11. The van der Waals surface area contributed by atoms with Crippen LogP contribution in [0.25, 0.3) is 88.0 Å². The van der Waals surface area contributed by atoms with Crippen LogP contribution >= 0.6 is 0 Å². The van der Waals surface area contributed by atoms with Gasteiger partial charge in [0.2, 0.25) is 0 Å².